The Morgan fingerprint density at radius 3 is 2.44 bits per heavy atom. The number of sulfonamides is 1. The third kappa shape index (κ3) is 6.37. The largest absolute Gasteiger partial charge is 0.379 e. The lowest BCUT2D eigenvalue weighted by Crippen LogP contribution is -2.40. The molecule has 0 radical (unpaired) electrons. The summed E-state index contributed by atoms with van der Waals surface area (Å²) in [7, 11) is -3.68. The molecule has 8 nitrogen and oxygen atoms in total. The molecule has 36 heavy (non-hydrogen) atoms. The normalized spacial score (nSPS) is 14.6. The highest BCUT2D eigenvalue weighted by Crippen LogP contribution is 2.19. The number of hydrazone groups is 1. The molecule has 0 aromatic heterocycles. The van der Waals surface area contributed by atoms with Gasteiger partial charge in [-0.25, -0.2) is 13.8 Å². The fourth-order valence-electron chi connectivity index (χ4n) is 3.92. The molecule has 1 N–H and O–H groups in total. The monoisotopic (exact) mass is 506 g/mol. The predicted octanol–water partition coefficient (Wildman–Crippen LogP) is 3.50. The molecular weight excluding hydrogens is 476 g/mol. The Labute approximate surface area is 212 Å². The molecule has 1 fully saturated rings. The van der Waals surface area contributed by atoms with Crippen LogP contribution < -0.4 is 10.3 Å². The van der Waals surface area contributed by atoms with Gasteiger partial charge >= 0.3 is 0 Å². The van der Waals surface area contributed by atoms with Crippen molar-refractivity contribution in [1.29, 1.82) is 0 Å². The summed E-state index contributed by atoms with van der Waals surface area (Å²) < 4.78 is 32.3. The highest BCUT2D eigenvalue weighted by molar-refractivity contribution is 7.89. The van der Waals surface area contributed by atoms with E-state index in [-0.39, 0.29) is 10.5 Å². The summed E-state index contributed by atoms with van der Waals surface area (Å²) >= 11 is 0. The van der Waals surface area contributed by atoms with Crippen molar-refractivity contribution in [3.05, 3.63) is 95.6 Å². The topological polar surface area (TPSA) is 91.3 Å². The van der Waals surface area contributed by atoms with E-state index >= 15 is 0 Å². The Morgan fingerprint density at radius 2 is 1.75 bits per heavy atom. The lowest BCUT2D eigenvalue weighted by molar-refractivity contribution is 0.0730. The number of ether oxygens (including phenoxy) is 1. The van der Waals surface area contributed by atoms with Crippen LogP contribution in [0, 0.1) is 0 Å². The number of hydrogen-bond acceptors (Lipinski definition) is 6. The van der Waals surface area contributed by atoms with Gasteiger partial charge < -0.3 is 9.64 Å². The number of anilines is 1. The summed E-state index contributed by atoms with van der Waals surface area (Å²) in [6.07, 6.45) is 1.56. The first kappa shape index (κ1) is 25.6. The molecule has 3 aromatic carbocycles. The van der Waals surface area contributed by atoms with Crippen molar-refractivity contribution in [3.63, 3.8) is 0 Å². The molecule has 0 unspecified atom stereocenters. The van der Waals surface area contributed by atoms with E-state index in [0.717, 1.165) is 24.3 Å². The van der Waals surface area contributed by atoms with Gasteiger partial charge in [-0.2, -0.15) is 9.41 Å². The van der Waals surface area contributed by atoms with Crippen molar-refractivity contribution in [3.8, 4) is 0 Å². The van der Waals surface area contributed by atoms with Gasteiger partial charge in [0.1, 0.15) is 0 Å². The van der Waals surface area contributed by atoms with Crippen molar-refractivity contribution >= 4 is 27.8 Å². The third-order valence-electron chi connectivity index (χ3n) is 5.94. The van der Waals surface area contributed by atoms with Crippen LogP contribution in [0.1, 0.15) is 28.4 Å². The van der Waals surface area contributed by atoms with Crippen LogP contribution in [0.4, 0.5) is 5.69 Å². The molecule has 1 aliphatic rings. The zero-order valence-corrected chi connectivity index (χ0v) is 21.0. The summed E-state index contributed by atoms with van der Waals surface area (Å²) in [5.41, 5.74) is 5.87. The summed E-state index contributed by atoms with van der Waals surface area (Å²) in [6.45, 7) is 5.13. The number of carbonyl (C=O) groups excluding carboxylic acids is 1. The van der Waals surface area contributed by atoms with Crippen LogP contribution in [0.15, 0.2) is 88.9 Å². The minimum Gasteiger partial charge on any atom is -0.379 e. The zero-order valence-electron chi connectivity index (χ0n) is 20.2. The van der Waals surface area contributed by atoms with E-state index in [1.54, 1.807) is 18.3 Å². The second-order valence-electron chi connectivity index (χ2n) is 8.33. The Kier molecular flexibility index (Phi) is 8.48. The number of benzene rings is 3. The SMILES string of the molecule is CCN(Cc1ccccc1)c1ccc(/C=N\NC(=O)c2cccc(S(=O)(=O)N3CCOCC3)c2)cc1. The fourth-order valence-corrected chi connectivity index (χ4v) is 5.38. The average Bonchev–Trinajstić information content (AvgIpc) is 2.93. The molecule has 9 heteroatoms. The van der Waals surface area contributed by atoms with E-state index < -0.39 is 15.9 Å². The van der Waals surface area contributed by atoms with Gasteiger partial charge in [0.15, 0.2) is 0 Å². The Balaban J connectivity index is 1.37. The van der Waals surface area contributed by atoms with Crippen molar-refractivity contribution in [2.24, 2.45) is 5.10 Å². The lowest BCUT2D eigenvalue weighted by Gasteiger charge is -2.26. The third-order valence-corrected chi connectivity index (χ3v) is 7.83. The van der Waals surface area contributed by atoms with Gasteiger partial charge in [-0.05, 0) is 48.4 Å². The van der Waals surface area contributed by atoms with E-state index in [9.17, 15) is 13.2 Å². The van der Waals surface area contributed by atoms with Gasteiger partial charge in [0, 0.05) is 37.4 Å². The van der Waals surface area contributed by atoms with Crippen LogP contribution in [0.25, 0.3) is 0 Å². The molecule has 3 aromatic rings. The molecule has 0 spiro atoms. The molecule has 0 bridgehead atoms. The van der Waals surface area contributed by atoms with E-state index in [1.165, 1.54) is 22.0 Å². The molecule has 0 aliphatic carbocycles. The molecule has 188 valence electrons. The summed E-state index contributed by atoms with van der Waals surface area (Å²) in [4.78, 5) is 14.9. The first-order valence-electron chi connectivity index (χ1n) is 11.9. The van der Waals surface area contributed by atoms with Crippen molar-refractivity contribution in [2.75, 3.05) is 37.7 Å². The van der Waals surface area contributed by atoms with E-state index in [4.69, 9.17) is 4.74 Å². The predicted molar refractivity (Wildman–Crippen MR) is 141 cm³/mol. The van der Waals surface area contributed by atoms with Gasteiger partial charge in [0.2, 0.25) is 10.0 Å². The lowest BCUT2D eigenvalue weighted by atomic mass is 10.1. The number of nitrogens with one attached hydrogen (secondary N) is 1. The van der Waals surface area contributed by atoms with Gasteiger partial charge in [-0.3, -0.25) is 4.79 Å². The minimum absolute atomic E-state index is 0.0765. The van der Waals surface area contributed by atoms with Crippen molar-refractivity contribution < 1.29 is 17.9 Å². The molecule has 4 rings (SSSR count). The maximum absolute atomic E-state index is 12.9. The van der Waals surface area contributed by atoms with Crippen LogP contribution in [-0.2, 0) is 21.3 Å². The summed E-state index contributed by atoms with van der Waals surface area (Å²) in [6, 6.07) is 24.2. The number of hydrogen-bond donors (Lipinski definition) is 1. The maximum atomic E-state index is 12.9. The highest BCUT2D eigenvalue weighted by Gasteiger charge is 2.26. The second-order valence-corrected chi connectivity index (χ2v) is 10.3. The van der Waals surface area contributed by atoms with Crippen LogP contribution in [-0.4, -0.2) is 57.7 Å². The summed E-state index contributed by atoms with van der Waals surface area (Å²) in [5.74, 6) is -0.484. The van der Waals surface area contributed by atoms with Crippen LogP contribution in [0.2, 0.25) is 0 Å². The second kappa shape index (κ2) is 11.9. The molecule has 1 saturated heterocycles. The Bertz CT molecular complexity index is 1290. The molecule has 1 heterocycles. The number of amides is 1. The van der Waals surface area contributed by atoms with Gasteiger partial charge in [0.25, 0.3) is 5.91 Å². The average molecular weight is 507 g/mol. The number of nitrogens with zero attached hydrogens (tertiary/aromatic N) is 3. The van der Waals surface area contributed by atoms with E-state index in [1.807, 2.05) is 42.5 Å². The minimum atomic E-state index is -3.68. The maximum Gasteiger partial charge on any atom is 0.271 e. The fraction of sp³-hybridized carbons (Fsp3) is 0.259. The van der Waals surface area contributed by atoms with Crippen LogP contribution >= 0.6 is 0 Å². The van der Waals surface area contributed by atoms with Crippen LogP contribution in [0.3, 0.4) is 0 Å². The van der Waals surface area contributed by atoms with Gasteiger partial charge in [0.05, 0.1) is 24.3 Å². The van der Waals surface area contributed by atoms with Gasteiger partial charge in [-0.1, -0.05) is 48.5 Å². The standard InChI is InChI=1S/C27H30N4O4S/c1-2-30(21-23-7-4-3-5-8-23)25-13-11-22(12-14-25)20-28-29-27(32)24-9-6-10-26(19-24)36(33,34)31-15-17-35-18-16-31/h3-14,19-20H,2,15-18,21H2,1H3,(H,29,32)/b28-20-. The Hall–Kier alpha value is -3.53. The van der Waals surface area contributed by atoms with Crippen molar-refractivity contribution in [1.82, 2.24) is 9.73 Å². The zero-order chi connectivity index (χ0) is 25.4. The smallest absolute Gasteiger partial charge is 0.271 e. The highest BCUT2D eigenvalue weighted by atomic mass is 32.2. The number of carbonyl (C=O) groups is 1. The Morgan fingerprint density at radius 1 is 1.03 bits per heavy atom. The van der Waals surface area contributed by atoms with Crippen LogP contribution in [0.5, 0.6) is 0 Å². The molecular formula is C27H30N4O4S. The summed E-state index contributed by atoms with van der Waals surface area (Å²) in [5, 5.41) is 4.05. The van der Waals surface area contributed by atoms with Crippen molar-refractivity contribution in [2.45, 2.75) is 18.4 Å². The van der Waals surface area contributed by atoms with E-state index in [0.29, 0.717) is 26.3 Å². The first-order chi connectivity index (χ1) is 17.5. The molecule has 1 aliphatic heterocycles. The molecule has 0 saturated carbocycles. The number of morpholine rings is 1. The van der Waals surface area contributed by atoms with Gasteiger partial charge in [-0.15, -0.1) is 0 Å². The van der Waals surface area contributed by atoms with E-state index in [2.05, 4.69) is 34.5 Å². The quantitative estimate of drug-likeness (QED) is 0.354. The number of rotatable bonds is 9. The molecule has 1 amide bonds. The first-order valence-corrected chi connectivity index (χ1v) is 13.3. The molecule has 0 atom stereocenters.